The average Bonchev–Trinajstić information content (AvgIpc) is 3.71. The van der Waals surface area contributed by atoms with Crippen LogP contribution in [0.4, 0.5) is 17.1 Å². The van der Waals surface area contributed by atoms with Crippen molar-refractivity contribution in [2.24, 2.45) is 23.7 Å². The molecule has 8 aromatic rings. The van der Waals surface area contributed by atoms with Crippen molar-refractivity contribution in [2.45, 2.75) is 56.8 Å². The normalized spacial score (nSPS) is 23.4. The standard InChI is InChI=1S/C59H49N/c1-58(2)53-23-9-8-20-50(53)51-27-25-46(36-56(51)58)60(44-18-10-17-41(34-44)48-21-11-16-39-15-6-7-19-47(39)48)45-26-28-54-52(35-45)57-49(40-13-4-3-5-14-40)22-12-24-55(57)59(54)42-30-37-29-38(32-42)33-43(59)31-37/h3-28,34-38,42-43H,29-33H2,1-2H3. The van der Waals surface area contributed by atoms with Gasteiger partial charge in [-0.3, -0.25) is 0 Å². The van der Waals surface area contributed by atoms with Crippen molar-refractivity contribution in [2.75, 3.05) is 4.90 Å². The van der Waals surface area contributed by atoms with E-state index < -0.39 is 0 Å². The lowest BCUT2D eigenvalue weighted by atomic mass is 9.43. The van der Waals surface area contributed by atoms with Crippen LogP contribution in [0.25, 0.3) is 55.3 Å². The summed E-state index contributed by atoms with van der Waals surface area (Å²) < 4.78 is 0. The number of nitrogens with zero attached hydrogens (tertiary/aromatic N) is 1. The number of hydrogen-bond donors (Lipinski definition) is 0. The van der Waals surface area contributed by atoms with Crippen LogP contribution in [0.3, 0.4) is 0 Å². The summed E-state index contributed by atoms with van der Waals surface area (Å²) in [5.74, 6) is 3.23. The van der Waals surface area contributed by atoms with Gasteiger partial charge in [-0.2, -0.15) is 0 Å². The van der Waals surface area contributed by atoms with Crippen LogP contribution in [0, 0.1) is 23.7 Å². The van der Waals surface area contributed by atoms with Gasteiger partial charge in [0.1, 0.15) is 0 Å². The van der Waals surface area contributed by atoms with E-state index in [1.807, 2.05) is 0 Å². The lowest BCUT2D eigenvalue weighted by molar-refractivity contribution is -0.0399. The molecule has 1 nitrogen and oxygen atoms in total. The Bertz CT molecular complexity index is 3010. The molecule has 1 heteroatoms. The SMILES string of the molecule is CC1(C)c2ccccc2-c2ccc(N(c3cccc(-c4cccc5ccccc45)c3)c3ccc4c(c3)-c3c(-c5ccccc5)cccc3C43C4CC5CC(C4)CC3C5)cc21. The summed E-state index contributed by atoms with van der Waals surface area (Å²) in [5.41, 5.74) is 20.4. The summed E-state index contributed by atoms with van der Waals surface area (Å²) in [7, 11) is 0. The zero-order valence-electron chi connectivity index (χ0n) is 34.5. The molecular weight excluding hydrogens is 723 g/mol. The van der Waals surface area contributed by atoms with E-state index >= 15 is 0 Å². The molecule has 0 aliphatic heterocycles. The van der Waals surface area contributed by atoms with E-state index in [9.17, 15) is 0 Å². The van der Waals surface area contributed by atoms with Crippen LogP contribution < -0.4 is 4.90 Å². The molecule has 0 saturated heterocycles. The Morgan fingerprint density at radius 2 is 1.00 bits per heavy atom. The van der Waals surface area contributed by atoms with E-state index in [-0.39, 0.29) is 10.8 Å². The summed E-state index contributed by atoms with van der Waals surface area (Å²) in [5, 5.41) is 2.55. The van der Waals surface area contributed by atoms with Crippen molar-refractivity contribution >= 4 is 27.8 Å². The van der Waals surface area contributed by atoms with Gasteiger partial charge < -0.3 is 4.90 Å². The Hall–Kier alpha value is -6.18. The molecule has 290 valence electrons. The predicted molar refractivity (Wildman–Crippen MR) is 250 cm³/mol. The maximum Gasteiger partial charge on any atom is 0.0468 e. The molecule has 0 radical (unpaired) electrons. The quantitative estimate of drug-likeness (QED) is 0.168. The lowest BCUT2D eigenvalue weighted by Gasteiger charge is -2.61. The molecule has 6 aliphatic carbocycles. The molecule has 60 heavy (non-hydrogen) atoms. The van der Waals surface area contributed by atoms with Gasteiger partial charge in [-0.15, -0.1) is 0 Å². The van der Waals surface area contributed by atoms with Gasteiger partial charge >= 0.3 is 0 Å². The molecule has 1 spiro atoms. The fraction of sp³-hybridized carbons (Fsp3) is 0.220. The molecule has 8 aromatic carbocycles. The van der Waals surface area contributed by atoms with Gasteiger partial charge in [0.2, 0.25) is 0 Å². The maximum atomic E-state index is 2.60. The molecule has 0 heterocycles. The van der Waals surface area contributed by atoms with Crippen LogP contribution in [-0.4, -0.2) is 0 Å². The van der Waals surface area contributed by atoms with Crippen LogP contribution >= 0.6 is 0 Å². The van der Waals surface area contributed by atoms with Crippen LogP contribution in [0.2, 0.25) is 0 Å². The minimum absolute atomic E-state index is 0.0872. The van der Waals surface area contributed by atoms with Crippen LogP contribution in [0.15, 0.2) is 176 Å². The van der Waals surface area contributed by atoms with Crippen molar-refractivity contribution in [3.05, 3.63) is 198 Å². The topological polar surface area (TPSA) is 3.24 Å². The van der Waals surface area contributed by atoms with E-state index in [1.165, 1.54) is 116 Å². The first-order valence-electron chi connectivity index (χ1n) is 22.4. The Kier molecular flexibility index (Phi) is 7.32. The van der Waals surface area contributed by atoms with Gasteiger partial charge in [-0.05, 0) is 170 Å². The van der Waals surface area contributed by atoms with Crippen molar-refractivity contribution in [3.63, 3.8) is 0 Å². The number of fused-ring (bicyclic) bond motifs is 7. The second-order valence-corrected chi connectivity index (χ2v) is 19.3. The summed E-state index contributed by atoms with van der Waals surface area (Å²) in [6.45, 7) is 4.80. The van der Waals surface area contributed by atoms with Crippen molar-refractivity contribution in [3.8, 4) is 44.5 Å². The van der Waals surface area contributed by atoms with Gasteiger partial charge in [0.25, 0.3) is 0 Å². The smallest absolute Gasteiger partial charge is 0.0468 e. The number of benzene rings is 8. The Morgan fingerprint density at radius 1 is 0.400 bits per heavy atom. The first-order chi connectivity index (χ1) is 29.5. The molecule has 4 bridgehead atoms. The Morgan fingerprint density at radius 3 is 1.85 bits per heavy atom. The van der Waals surface area contributed by atoms with Crippen LogP contribution in [0.5, 0.6) is 0 Å². The molecule has 0 N–H and O–H groups in total. The van der Waals surface area contributed by atoms with Gasteiger partial charge in [0.15, 0.2) is 0 Å². The van der Waals surface area contributed by atoms with E-state index in [1.54, 1.807) is 11.1 Å². The monoisotopic (exact) mass is 771 g/mol. The highest BCUT2D eigenvalue weighted by Crippen LogP contribution is 2.70. The molecule has 4 saturated carbocycles. The number of rotatable bonds is 5. The van der Waals surface area contributed by atoms with Crippen molar-refractivity contribution < 1.29 is 0 Å². The third-order valence-electron chi connectivity index (χ3n) is 16.0. The second kappa shape index (κ2) is 12.7. The minimum Gasteiger partial charge on any atom is -0.310 e. The van der Waals surface area contributed by atoms with Gasteiger partial charge in [-0.25, -0.2) is 0 Å². The maximum absolute atomic E-state index is 2.60. The largest absolute Gasteiger partial charge is 0.310 e. The highest BCUT2D eigenvalue weighted by atomic mass is 15.1. The second-order valence-electron chi connectivity index (χ2n) is 19.3. The fourth-order valence-corrected chi connectivity index (χ4v) is 13.8. The predicted octanol–water partition coefficient (Wildman–Crippen LogP) is 15.7. The first-order valence-corrected chi connectivity index (χ1v) is 22.4. The zero-order valence-corrected chi connectivity index (χ0v) is 34.5. The third kappa shape index (κ3) is 4.75. The van der Waals surface area contributed by atoms with Crippen LogP contribution in [0.1, 0.15) is 68.2 Å². The number of hydrogen-bond acceptors (Lipinski definition) is 1. The molecule has 0 amide bonds. The average molecular weight is 772 g/mol. The van der Waals surface area contributed by atoms with Gasteiger partial charge in [0, 0.05) is 27.9 Å². The summed E-state index contributed by atoms with van der Waals surface area (Å²) >= 11 is 0. The first kappa shape index (κ1) is 34.7. The Labute approximate surface area is 354 Å². The zero-order chi connectivity index (χ0) is 39.7. The minimum atomic E-state index is -0.105. The molecule has 0 atom stereocenters. The van der Waals surface area contributed by atoms with E-state index in [2.05, 4.69) is 195 Å². The van der Waals surface area contributed by atoms with Gasteiger partial charge in [-0.1, -0.05) is 153 Å². The van der Waals surface area contributed by atoms with Crippen molar-refractivity contribution in [1.29, 1.82) is 0 Å². The van der Waals surface area contributed by atoms with E-state index in [0.717, 1.165) is 11.8 Å². The van der Waals surface area contributed by atoms with Crippen LogP contribution in [-0.2, 0) is 10.8 Å². The molecule has 0 aromatic heterocycles. The molecule has 4 fully saturated rings. The Balaban J connectivity index is 1.05. The summed E-state index contributed by atoms with van der Waals surface area (Å²) in [6, 6.07) is 67.2. The highest BCUT2D eigenvalue weighted by Gasteiger charge is 2.61. The highest BCUT2D eigenvalue weighted by molar-refractivity contribution is 5.99. The lowest BCUT2D eigenvalue weighted by Crippen LogP contribution is -2.55. The molecule has 0 unspecified atom stereocenters. The van der Waals surface area contributed by atoms with E-state index in [0.29, 0.717) is 11.8 Å². The number of anilines is 3. The summed E-state index contributed by atoms with van der Waals surface area (Å²) in [4.78, 5) is 2.56. The fourth-order valence-electron chi connectivity index (χ4n) is 13.8. The van der Waals surface area contributed by atoms with Gasteiger partial charge in [0.05, 0.1) is 0 Å². The molecule has 14 rings (SSSR count). The summed E-state index contributed by atoms with van der Waals surface area (Å²) in [6.07, 6.45) is 6.97. The molecular formula is C59H49N. The van der Waals surface area contributed by atoms with Crippen molar-refractivity contribution in [1.82, 2.24) is 0 Å². The van der Waals surface area contributed by atoms with E-state index in [4.69, 9.17) is 0 Å². The molecule has 6 aliphatic rings. The third-order valence-corrected chi connectivity index (χ3v) is 16.0.